The van der Waals surface area contributed by atoms with Crippen molar-refractivity contribution in [2.45, 2.75) is 16.7 Å². The molecule has 0 aliphatic carbocycles. The molecule has 0 saturated carbocycles. The zero-order chi connectivity index (χ0) is 16.3. The minimum absolute atomic E-state index is 0.162. The van der Waals surface area contributed by atoms with Gasteiger partial charge in [0.05, 0.1) is 4.90 Å². The van der Waals surface area contributed by atoms with Crippen molar-refractivity contribution in [3.05, 3.63) is 84.4 Å². The van der Waals surface area contributed by atoms with Crippen LogP contribution in [0.5, 0.6) is 11.5 Å². The van der Waals surface area contributed by atoms with Crippen LogP contribution in [0.1, 0.15) is 5.56 Å². The van der Waals surface area contributed by atoms with Gasteiger partial charge in [-0.05, 0) is 42.8 Å². The number of aryl methyl sites for hydroxylation is 1. The fraction of sp³-hybridized carbons (Fsp3) is 0.0526. The first-order chi connectivity index (χ1) is 11.1. The summed E-state index contributed by atoms with van der Waals surface area (Å²) in [6.07, 6.45) is 0. The molecule has 116 valence electrons. The minimum atomic E-state index is -3.63. The number of rotatable bonds is 4. The Hall–Kier alpha value is -2.59. The molecule has 0 radical (unpaired) electrons. The summed E-state index contributed by atoms with van der Waals surface area (Å²) in [7, 11) is -3.63. The van der Waals surface area contributed by atoms with Crippen molar-refractivity contribution in [2.75, 3.05) is 0 Å². The SMILES string of the molecule is Cc1ccccc1Oc1ccccc1S(=O)(=O)c1ccccc1. The first-order valence-electron chi connectivity index (χ1n) is 7.22. The smallest absolute Gasteiger partial charge is 0.210 e. The largest absolute Gasteiger partial charge is 0.456 e. The van der Waals surface area contributed by atoms with E-state index in [0.29, 0.717) is 11.5 Å². The average Bonchev–Trinajstić information content (AvgIpc) is 2.58. The van der Waals surface area contributed by atoms with E-state index in [1.807, 2.05) is 31.2 Å². The predicted octanol–water partition coefficient (Wildman–Crippen LogP) is 4.62. The Morgan fingerprint density at radius 2 is 1.26 bits per heavy atom. The van der Waals surface area contributed by atoms with Gasteiger partial charge < -0.3 is 4.74 Å². The van der Waals surface area contributed by atoms with Crippen molar-refractivity contribution in [2.24, 2.45) is 0 Å². The fourth-order valence-electron chi connectivity index (χ4n) is 2.27. The Morgan fingerprint density at radius 3 is 1.96 bits per heavy atom. The van der Waals surface area contributed by atoms with Crippen LogP contribution in [0.25, 0.3) is 0 Å². The molecule has 3 aromatic rings. The summed E-state index contributed by atoms with van der Waals surface area (Å²) in [4.78, 5) is 0.412. The van der Waals surface area contributed by atoms with Crippen LogP contribution in [0.4, 0.5) is 0 Å². The van der Waals surface area contributed by atoms with Crippen LogP contribution < -0.4 is 4.74 Å². The molecular formula is C19H16O3S. The molecule has 0 saturated heterocycles. The standard InChI is InChI=1S/C19H16O3S/c1-15-9-5-6-12-17(15)22-18-13-7-8-14-19(18)23(20,21)16-10-3-2-4-11-16/h2-14H,1H3. The second-order valence-electron chi connectivity index (χ2n) is 5.13. The topological polar surface area (TPSA) is 43.4 Å². The molecule has 0 atom stereocenters. The molecular weight excluding hydrogens is 308 g/mol. The molecule has 0 fully saturated rings. The molecule has 0 N–H and O–H groups in total. The highest BCUT2D eigenvalue weighted by atomic mass is 32.2. The Morgan fingerprint density at radius 1 is 0.696 bits per heavy atom. The van der Waals surface area contributed by atoms with Crippen LogP contribution >= 0.6 is 0 Å². The number of benzene rings is 3. The van der Waals surface area contributed by atoms with Gasteiger partial charge in [-0.3, -0.25) is 0 Å². The molecule has 0 spiro atoms. The van der Waals surface area contributed by atoms with Gasteiger partial charge in [0.2, 0.25) is 9.84 Å². The molecule has 23 heavy (non-hydrogen) atoms. The summed E-state index contributed by atoms with van der Waals surface area (Å²) < 4.78 is 31.6. The zero-order valence-corrected chi connectivity index (χ0v) is 13.5. The highest BCUT2D eigenvalue weighted by molar-refractivity contribution is 7.91. The number of ether oxygens (including phenoxy) is 1. The highest BCUT2D eigenvalue weighted by Gasteiger charge is 2.22. The van der Waals surface area contributed by atoms with E-state index in [2.05, 4.69) is 0 Å². The first kappa shape index (κ1) is 15.3. The van der Waals surface area contributed by atoms with Gasteiger partial charge in [0.1, 0.15) is 16.4 Å². The number of sulfone groups is 1. The van der Waals surface area contributed by atoms with Gasteiger partial charge in [0.25, 0.3) is 0 Å². The van der Waals surface area contributed by atoms with Crippen molar-refractivity contribution in [1.82, 2.24) is 0 Å². The van der Waals surface area contributed by atoms with E-state index in [1.165, 1.54) is 0 Å². The van der Waals surface area contributed by atoms with Crippen LogP contribution in [-0.2, 0) is 9.84 Å². The average molecular weight is 324 g/mol. The molecule has 0 heterocycles. The molecule has 3 nitrogen and oxygen atoms in total. The second-order valence-corrected chi connectivity index (χ2v) is 7.05. The Labute approximate surface area is 136 Å². The summed E-state index contributed by atoms with van der Waals surface area (Å²) in [6.45, 7) is 1.92. The molecule has 3 rings (SSSR count). The van der Waals surface area contributed by atoms with Crippen LogP contribution in [0.3, 0.4) is 0 Å². The van der Waals surface area contributed by atoms with Gasteiger partial charge in [0, 0.05) is 0 Å². The summed E-state index contributed by atoms with van der Waals surface area (Å²) in [5.41, 5.74) is 0.944. The second kappa shape index (κ2) is 6.26. The van der Waals surface area contributed by atoms with E-state index in [-0.39, 0.29) is 9.79 Å². The van der Waals surface area contributed by atoms with E-state index < -0.39 is 9.84 Å². The lowest BCUT2D eigenvalue weighted by atomic mass is 10.2. The van der Waals surface area contributed by atoms with E-state index in [1.54, 1.807) is 54.6 Å². The van der Waals surface area contributed by atoms with Crippen molar-refractivity contribution in [3.8, 4) is 11.5 Å². The van der Waals surface area contributed by atoms with Crippen LogP contribution in [0, 0.1) is 6.92 Å². The maximum absolute atomic E-state index is 12.8. The summed E-state index contributed by atoms with van der Waals surface area (Å²) in [5, 5.41) is 0. The zero-order valence-electron chi connectivity index (χ0n) is 12.6. The Kier molecular flexibility index (Phi) is 4.17. The van der Waals surface area contributed by atoms with E-state index in [9.17, 15) is 8.42 Å². The third-order valence-corrected chi connectivity index (χ3v) is 5.31. The monoisotopic (exact) mass is 324 g/mol. The molecule has 0 bridgehead atoms. The highest BCUT2D eigenvalue weighted by Crippen LogP contribution is 2.33. The van der Waals surface area contributed by atoms with Crippen molar-refractivity contribution in [3.63, 3.8) is 0 Å². The van der Waals surface area contributed by atoms with Crippen molar-refractivity contribution >= 4 is 9.84 Å². The maximum atomic E-state index is 12.8. The molecule has 4 heteroatoms. The van der Waals surface area contributed by atoms with Gasteiger partial charge in [-0.15, -0.1) is 0 Å². The van der Waals surface area contributed by atoms with Gasteiger partial charge in [0.15, 0.2) is 0 Å². The summed E-state index contributed by atoms with van der Waals surface area (Å²) >= 11 is 0. The molecule has 3 aromatic carbocycles. The predicted molar refractivity (Wildman–Crippen MR) is 89.6 cm³/mol. The molecule has 0 aromatic heterocycles. The molecule has 0 aliphatic rings. The maximum Gasteiger partial charge on any atom is 0.210 e. The Balaban J connectivity index is 2.07. The van der Waals surface area contributed by atoms with E-state index in [4.69, 9.17) is 4.74 Å². The first-order valence-corrected chi connectivity index (χ1v) is 8.70. The quantitative estimate of drug-likeness (QED) is 0.703. The van der Waals surface area contributed by atoms with Crippen molar-refractivity contribution in [1.29, 1.82) is 0 Å². The number of para-hydroxylation sites is 2. The summed E-state index contributed by atoms with van der Waals surface area (Å²) in [5.74, 6) is 0.967. The minimum Gasteiger partial charge on any atom is -0.456 e. The van der Waals surface area contributed by atoms with Gasteiger partial charge in [-0.25, -0.2) is 8.42 Å². The fourth-order valence-corrected chi connectivity index (χ4v) is 3.67. The normalized spacial score (nSPS) is 11.2. The van der Waals surface area contributed by atoms with Gasteiger partial charge in [-0.1, -0.05) is 48.5 Å². The lowest BCUT2D eigenvalue weighted by Crippen LogP contribution is -2.04. The van der Waals surface area contributed by atoms with Crippen LogP contribution in [0.2, 0.25) is 0 Å². The molecule has 0 amide bonds. The van der Waals surface area contributed by atoms with Crippen LogP contribution in [-0.4, -0.2) is 8.42 Å². The number of hydrogen-bond acceptors (Lipinski definition) is 3. The van der Waals surface area contributed by atoms with Gasteiger partial charge >= 0.3 is 0 Å². The molecule has 0 unspecified atom stereocenters. The lowest BCUT2D eigenvalue weighted by Gasteiger charge is -2.13. The van der Waals surface area contributed by atoms with Gasteiger partial charge in [-0.2, -0.15) is 0 Å². The number of hydrogen-bond donors (Lipinski definition) is 0. The third kappa shape index (κ3) is 3.12. The van der Waals surface area contributed by atoms with Crippen molar-refractivity contribution < 1.29 is 13.2 Å². The van der Waals surface area contributed by atoms with E-state index >= 15 is 0 Å². The molecule has 0 aliphatic heterocycles. The Bertz CT molecular complexity index is 916. The summed E-state index contributed by atoms with van der Waals surface area (Å²) in [6, 6.07) is 22.6. The third-order valence-electron chi connectivity index (χ3n) is 3.51. The lowest BCUT2D eigenvalue weighted by molar-refractivity contribution is 0.464. The van der Waals surface area contributed by atoms with Crippen LogP contribution in [0.15, 0.2) is 88.7 Å². The van der Waals surface area contributed by atoms with E-state index in [0.717, 1.165) is 5.56 Å².